The molecule has 29 heavy (non-hydrogen) atoms. The number of hydrogen-bond donors (Lipinski definition) is 2. The van der Waals surface area contributed by atoms with Crippen molar-refractivity contribution >= 4 is 46.2 Å². The molecule has 0 aliphatic rings. The van der Waals surface area contributed by atoms with E-state index in [1.807, 2.05) is 22.6 Å². The van der Waals surface area contributed by atoms with Crippen LogP contribution in [0.5, 0.6) is 11.5 Å². The molecule has 0 saturated carbocycles. The monoisotopic (exact) mass is 510 g/mol. The van der Waals surface area contributed by atoms with Crippen molar-refractivity contribution in [2.24, 2.45) is 0 Å². The van der Waals surface area contributed by atoms with Gasteiger partial charge >= 0.3 is 5.97 Å². The van der Waals surface area contributed by atoms with E-state index < -0.39 is 24.3 Å². The molecule has 1 amide bonds. The number of carboxylic acid groups (broad SMARTS) is 1. The summed E-state index contributed by atoms with van der Waals surface area (Å²) in [4.78, 5) is 23.1. The van der Waals surface area contributed by atoms with Gasteiger partial charge in [0, 0.05) is 0 Å². The second-order valence-electron chi connectivity index (χ2n) is 5.55. The van der Waals surface area contributed by atoms with Crippen LogP contribution in [0.2, 0.25) is 0 Å². The average Bonchev–Trinajstić information content (AvgIpc) is 2.67. The van der Waals surface area contributed by atoms with Gasteiger partial charge in [-0.15, -0.1) is 0 Å². The number of hydrogen-bond acceptors (Lipinski definition) is 5. The molecule has 0 aromatic heterocycles. The van der Waals surface area contributed by atoms with Crippen LogP contribution in [0.1, 0.15) is 12.5 Å². The predicted octanol–water partition coefficient (Wildman–Crippen LogP) is 3.84. The summed E-state index contributed by atoms with van der Waals surface area (Å²) in [5.41, 5.74) is 0.173. The number of anilines is 1. The zero-order chi connectivity index (χ0) is 21.4. The van der Waals surface area contributed by atoms with E-state index in [-0.39, 0.29) is 22.8 Å². The molecule has 0 aliphatic carbocycles. The summed E-state index contributed by atoms with van der Waals surface area (Å²) in [5.74, 6) is -1.99. The lowest BCUT2D eigenvalue weighted by molar-refractivity contribution is -0.139. The number of para-hydroxylation sites is 1. The van der Waals surface area contributed by atoms with E-state index in [1.54, 1.807) is 25.1 Å². The van der Waals surface area contributed by atoms with E-state index in [2.05, 4.69) is 5.32 Å². The number of nitriles is 1. The van der Waals surface area contributed by atoms with Gasteiger partial charge < -0.3 is 19.9 Å². The summed E-state index contributed by atoms with van der Waals surface area (Å²) in [6, 6.07) is 10.5. The van der Waals surface area contributed by atoms with Gasteiger partial charge in [0.1, 0.15) is 17.5 Å². The molecule has 0 heterocycles. The second kappa shape index (κ2) is 10.4. The molecule has 2 aromatic rings. The summed E-state index contributed by atoms with van der Waals surface area (Å²) in [7, 11) is 0. The molecular formula is C20H16FIN2O5. The summed E-state index contributed by atoms with van der Waals surface area (Å²) < 4.78 is 25.0. The Morgan fingerprint density at radius 2 is 2.03 bits per heavy atom. The third-order valence-electron chi connectivity index (χ3n) is 3.47. The Labute approximate surface area is 179 Å². The Morgan fingerprint density at radius 1 is 1.31 bits per heavy atom. The Kier molecular flexibility index (Phi) is 7.97. The first-order valence-electron chi connectivity index (χ1n) is 8.34. The summed E-state index contributed by atoms with van der Waals surface area (Å²) >= 11 is 1.94. The second-order valence-corrected chi connectivity index (χ2v) is 6.71. The Bertz CT molecular complexity index is 1000. The predicted molar refractivity (Wildman–Crippen MR) is 112 cm³/mol. The number of carbonyl (C=O) groups is 2. The van der Waals surface area contributed by atoms with Gasteiger partial charge in [0.05, 0.1) is 15.9 Å². The van der Waals surface area contributed by atoms with Crippen molar-refractivity contribution in [1.82, 2.24) is 0 Å². The standard InChI is InChI=1S/C20H16FIN2O5/c1-2-28-17-9-12(8-15(22)19(17)29-11-18(25)26)7-13(10-23)20(27)24-16-6-4-3-5-14(16)21/h3-9H,2,11H2,1H3,(H,24,27)(H,25,26)/b13-7+. The first kappa shape index (κ1) is 22.2. The molecule has 0 bridgehead atoms. The van der Waals surface area contributed by atoms with Crippen LogP contribution in [-0.2, 0) is 9.59 Å². The van der Waals surface area contributed by atoms with Crippen LogP contribution in [0.3, 0.4) is 0 Å². The Balaban J connectivity index is 2.34. The molecule has 0 radical (unpaired) electrons. The molecule has 2 aromatic carbocycles. The number of rotatable bonds is 8. The van der Waals surface area contributed by atoms with E-state index in [0.717, 1.165) is 0 Å². The maximum absolute atomic E-state index is 13.7. The third kappa shape index (κ3) is 6.18. The van der Waals surface area contributed by atoms with Gasteiger partial charge in [-0.3, -0.25) is 4.79 Å². The Morgan fingerprint density at radius 3 is 2.66 bits per heavy atom. The number of amides is 1. The molecule has 0 fully saturated rings. The maximum atomic E-state index is 13.7. The minimum absolute atomic E-state index is 0.0411. The summed E-state index contributed by atoms with van der Waals surface area (Å²) in [5, 5.41) is 20.5. The van der Waals surface area contributed by atoms with Crippen molar-refractivity contribution in [2.45, 2.75) is 6.92 Å². The number of ether oxygens (including phenoxy) is 2. The van der Waals surface area contributed by atoms with Gasteiger partial charge in [-0.05, 0) is 65.4 Å². The minimum Gasteiger partial charge on any atom is -0.490 e. The van der Waals surface area contributed by atoms with Crippen LogP contribution in [0.4, 0.5) is 10.1 Å². The fourth-order valence-corrected chi connectivity index (χ4v) is 3.06. The molecule has 0 aliphatic heterocycles. The van der Waals surface area contributed by atoms with Gasteiger partial charge in [0.2, 0.25) is 0 Å². The normalized spacial score (nSPS) is 10.8. The largest absolute Gasteiger partial charge is 0.490 e. The van der Waals surface area contributed by atoms with Gasteiger partial charge in [-0.1, -0.05) is 12.1 Å². The van der Waals surface area contributed by atoms with Crippen molar-refractivity contribution in [3.63, 3.8) is 0 Å². The number of aliphatic carboxylic acids is 1. The molecule has 2 rings (SSSR count). The quantitative estimate of drug-likeness (QED) is 0.318. The van der Waals surface area contributed by atoms with Crippen molar-refractivity contribution in [3.8, 4) is 17.6 Å². The lowest BCUT2D eigenvalue weighted by Crippen LogP contribution is -2.14. The van der Waals surface area contributed by atoms with Crippen LogP contribution < -0.4 is 14.8 Å². The molecule has 0 spiro atoms. The van der Waals surface area contributed by atoms with Gasteiger partial charge in [0.15, 0.2) is 18.1 Å². The highest BCUT2D eigenvalue weighted by Gasteiger charge is 2.16. The highest BCUT2D eigenvalue weighted by atomic mass is 127. The third-order valence-corrected chi connectivity index (χ3v) is 4.27. The molecule has 150 valence electrons. The lowest BCUT2D eigenvalue weighted by atomic mass is 10.1. The van der Waals surface area contributed by atoms with Gasteiger partial charge in [-0.2, -0.15) is 5.26 Å². The first-order valence-corrected chi connectivity index (χ1v) is 9.42. The average molecular weight is 510 g/mol. The SMILES string of the molecule is CCOc1cc(/C=C(\C#N)C(=O)Nc2ccccc2F)cc(I)c1OCC(=O)O. The van der Waals surface area contributed by atoms with Crippen LogP contribution in [0.15, 0.2) is 42.0 Å². The van der Waals surface area contributed by atoms with Crippen LogP contribution in [0.25, 0.3) is 6.08 Å². The Hall–Kier alpha value is -3.13. The highest BCUT2D eigenvalue weighted by molar-refractivity contribution is 14.1. The highest BCUT2D eigenvalue weighted by Crippen LogP contribution is 2.35. The number of carbonyl (C=O) groups excluding carboxylic acids is 1. The molecule has 0 saturated heterocycles. The van der Waals surface area contributed by atoms with Crippen molar-refractivity contribution < 1.29 is 28.6 Å². The van der Waals surface area contributed by atoms with Gasteiger partial charge in [-0.25, -0.2) is 9.18 Å². The number of carboxylic acids is 1. The van der Waals surface area contributed by atoms with E-state index in [9.17, 15) is 19.2 Å². The molecular weight excluding hydrogens is 494 g/mol. The number of benzene rings is 2. The van der Waals surface area contributed by atoms with Crippen LogP contribution >= 0.6 is 22.6 Å². The molecule has 7 nitrogen and oxygen atoms in total. The number of nitrogens with zero attached hydrogens (tertiary/aromatic N) is 1. The van der Waals surface area contributed by atoms with Crippen LogP contribution in [-0.4, -0.2) is 30.2 Å². The van der Waals surface area contributed by atoms with E-state index in [0.29, 0.717) is 15.7 Å². The van der Waals surface area contributed by atoms with Crippen molar-refractivity contribution in [2.75, 3.05) is 18.5 Å². The molecule has 9 heteroatoms. The lowest BCUT2D eigenvalue weighted by Gasteiger charge is -2.13. The van der Waals surface area contributed by atoms with Crippen molar-refractivity contribution in [3.05, 3.63) is 56.9 Å². The zero-order valence-corrected chi connectivity index (χ0v) is 17.4. The molecule has 0 unspecified atom stereocenters. The topological polar surface area (TPSA) is 109 Å². The molecule has 2 N–H and O–H groups in total. The van der Waals surface area contributed by atoms with E-state index in [4.69, 9.17) is 14.6 Å². The van der Waals surface area contributed by atoms with Crippen molar-refractivity contribution in [1.29, 1.82) is 5.26 Å². The number of nitrogens with one attached hydrogen (secondary N) is 1. The fourth-order valence-electron chi connectivity index (χ4n) is 2.28. The van der Waals surface area contributed by atoms with E-state index >= 15 is 0 Å². The smallest absolute Gasteiger partial charge is 0.341 e. The maximum Gasteiger partial charge on any atom is 0.341 e. The first-order chi connectivity index (χ1) is 13.8. The van der Waals surface area contributed by atoms with Gasteiger partial charge in [0.25, 0.3) is 5.91 Å². The van der Waals surface area contributed by atoms with E-state index in [1.165, 1.54) is 30.3 Å². The fraction of sp³-hybridized carbons (Fsp3) is 0.150. The summed E-state index contributed by atoms with van der Waals surface area (Å²) in [6.07, 6.45) is 1.32. The molecule has 0 atom stereocenters. The van der Waals surface area contributed by atoms with Crippen LogP contribution in [0, 0.1) is 20.7 Å². The number of halogens is 2. The zero-order valence-electron chi connectivity index (χ0n) is 15.2. The summed E-state index contributed by atoms with van der Waals surface area (Å²) in [6.45, 7) is 1.50. The minimum atomic E-state index is -1.14.